The smallest absolute Gasteiger partial charge is 0.262 e. The molecule has 7 aliphatic rings. The van der Waals surface area contributed by atoms with Crippen LogP contribution in [0.5, 0.6) is 5.75 Å². The number of rotatable bonds is 9. The number of carbonyl (C=O) groups excluding carboxylic acids is 4. The van der Waals surface area contributed by atoms with Crippen LogP contribution in [-0.4, -0.2) is 148 Å². The third-order valence-corrected chi connectivity index (χ3v) is 14.1. The number of anilines is 1. The fourth-order valence-corrected chi connectivity index (χ4v) is 10.1. The monoisotopic (exact) mass is 869 g/mol. The molecule has 10 rings (SSSR count). The Labute approximate surface area is 371 Å². The Kier molecular flexibility index (Phi) is 11.8. The molecule has 63 heavy (non-hydrogen) atoms. The number of amides is 4. The number of ether oxygens (including phenoxy) is 1. The first-order valence-corrected chi connectivity index (χ1v) is 23.1. The zero-order chi connectivity index (χ0) is 44.0. The molecule has 15 nitrogen and oxygen atoms in total. The fourth-order valence-electron chi connectivity index (χ4n) is 10.1. The molecule has 5 fully saturated rings. The number of aromatic amines is 1. The Bertz CT molecular complexity index is 2340. The van der Waals surface area contributed by atoms with Crippen molar-refractivity contribution >= 4 is 51.8 Å². The van der Waals surface area contributed by atoms with Gasteiger partial charge in [0.05, 0.1) is 22.3 Å². The lowest BCUT2D eigenvalue weighted by Crippen LogP contribution is -2.58. The number of halogens is 1. The minimum atomic E-state index is -1.21. The highest BCUT2D eigenvalue weighted by Crippen LogP contribution is 2.41. The maximum absolute atomic E-state index is 16.5. The average molecular weight is 869 g/mol. The predicted octanol–water partition coefficient (Wildman–Crippen LogP) is 5.44. The molecule has 3 N–H and O–H groups in total. The molecule has 4 saturated heterocycles. The van der Waals surface area contributed by atoms with Gasteiger partial charge in [-0.1, -0.05) is 13.8 Å². The molecular formula is C47H65FN10O5. The van der Waals surface area contributed by atoms with Crippen LogP contribution >= 0.6 is 0 Å². The van der Waals surface area contributed by atoms with E-state index in [1.165, 1.54) is 0 Å². The van der Waals surface area contributed by atoms with Gasteiger partial charge in [0.25, 0.3) is 11.8 Å². The number of H-pyrrole nitrogens is 1. The number of likely N-dealkylation sites (tertiary alicyclic amines) is 1. The summed E-state index contributed by atoms with van der Waals surface area (Å²) >= 11 is 0. The zero-order valence-electron chi connectivity index (χ0n) is 37.1. The summed E-state index contributed by atoms with van der Waals surface area (Å²) in [6.07, 6.45) is 7.50. The lowest BCUT2D eigenvalue weighted by Gasteiger charge is -2.46. The molecule has 340 valence electrons. The van der Waals surface area contributed by atoms with Gasteiger partial charge in [0.15, 0.2) is 0 Å². The number of nitrogens with one attached hydrogen (secondary N) is 3. The van der Waals surface area contributed by atoms with Crippen LogP contribution in [0.3, 0.4) is 0 Å². The minimum absolute atomic E-state index is 0. The van der Waals surface area contributed by atoms with Crippen molar-refractivity contribution in [2.75, 3.05) is 70.5 Å². The van der Waals surface area contributed by atoms with E-state index in [0.717, 1.165) is 123 Å². The van der Waals surface area contributed by atoms with E-state index in [9.17, 15) is 19.2 Å². The van der Waals surface area contributed by atoms with Crippen LogP contribution in [-0.2, 0) is 9.59 Å². The molecule has 2 aromatic carbocycles. The van der Waals surface area contributed by atoms with Crippen LogP contribution in [0.25, 0.3) is 16.6 Å². The summed E-state index contributed by atoms with van der Waals surface area (Å²) in [4.78, 5) is 65.8. The molecule has 4 amide bonds. The third-order valence-electron chi connectivity index (χ3n) is 14.1. The molecule has 3 aromatic rings. The Hall–Kier alpha value is -5.35. The van der Waals surface area contributed by atoms with Crippen molar-refractivity contribution in [3.8, 4) is 5.75 Å². The highest BCUT2D eigenvalue weighted by Gasteiger charge is 2.45. The molecule has 16 heteroatoms. The van der Waals surface area contributed by atoms with Gasteiger partial charge in [-0.3, -0.25) is 39.4 Å². The Morgan fingerprint density at radius 1 is 0.889 bits per heavy atom. The summed E-state index contributed by atoms with van der Waals surface area (Å²) in [6.45, 7) is 15.7. The number of piperazine rings is 1. The lowest BCUT2D eigenvalue weighted by atomic mass is 9.89. The number of alkyl halides is 1. The van der Waals surface area contributed by atoms with Gasteiger partial charge in [-0.2, -0.15) is 5.10 Å². The normalized spacial score (nSPS) is 25.2. The first-order chi connectivity index (χ1) is 30.4. The number of fused-ring (bicyclic) bond motifs is 2. The quantitative estimate of drug-likeness (QED) is 0.235. The summed E-state index contributed by atoms with van der Waals surface area (Å²) < 4.78 is 22.8. The maximum atomic E-state index is 16.5. The number of nitrogens with zero attached hydrogens (tertiary/aromatic N) is 7. The van der Waals surface area contributed by atoms with Crippen molar-refractivity contribution in [1.82, 2.24) is 40.4 Å². The Balaban J connectivity index is 0.00000155. The van der Waals surface area contributed by atoms with Gasteiger partial charge in [0.1, 0.15) is 41.3 Å². The van der Waals surface area contributed by atoms with E-state index in [1.807, 2.05) is 32.0 Å². The van der Waals surface area contributed by atoms with Crippen molar-refractivity contribution in [2.45, 2.75) is 102 Å². The Morgan fingerprint density at radius 2 is 1.65 bits per heavy atom. The average Bonchev–Trinajstić information content (AvgIpc) is 3.77. The topological polar surface area (TPSA) is 159 Å². The van der Waals surface area contributed by atoms with Crippen LogP contribution < -0.4 is 20.3 Å². The first kappa shape index (κ1) is 42.9. The zero-order valence-corrected chi connectivity index (χ0v) is 37.1. The number of carbonyl (C=O) groups is 4. The maximum Gasteiger partial charge on any atom is 0.262 e. The summed E-state index contributed by atoms with van der Waals surface area (Å²) in [6, 6.07) is 10.6. The number of benzene rings is 2. The molecule has 1 saturated carbocycles. The first-order valence-electron chi connectivity index (χ1n) is 23.1. The SMILES string of the molecule is CC.C[C@H]1CN(C2=NCNC(c3n[nH]c4ccc(OC5(C)CC5)cc34)=C2)CCN1CC1(F)CCN(CC2CCN(c3ccc4c(c3)C(=O)N(C3CCC(=O)NC3=O)C4=O)CC2)CC1.[HH].[HH]. The van der Waals surface area contributed by atoms with Gasteiger partial charge in [-0.05, 0) is 101 Å². The molecular weight excluding hydrogens is 804 g/mol. The summed E-state index contributed by atoms with van der Waals surface area (Å²) in [5.74, 6) is 0.310. The van der Waals surface area contributed by atoms with Crippen LogP contribution in [0, 0.1) is 5.92 Å². The number of aromatic nitrogens is 2. The molecule has 0 bridgehead atoms. The summed E-state index contributed by atoms with van der Waals surface area (Å²) in [5.41, 5.74) is 2.95. The van der Waals surface area contributed by atoms with Gasteiger partial charge in [0, 0.05) is 91.4 Å². The van der Waals surface area contributed by atoms with Gasteiger partial charge in [-0.15, -0.1) is 0 Å². The van der Waals surface area contributed by atoms with E-state index in [1.54, 1.807) is 12.1 Å². The van der Waals surface area contributed by atoms with E-state index in [0.29, 0.717) is 43.1 Å². The summed E-state index contributed by atoms with van der Waals surface area (Å²) in [5, 5.41) is 14.5. The van der Waals surface area contributed by atoms with E-state index < -0.39 is 35.3 Å². The molecule has 6 aliphatic heterocycles. The highest BCUT2D eigenvalue weighted by atomic mass is 19.1. The number of aliphatic imine (C=N–C) groups is 1. The molecule has 2 atom stereocenters. The van der Waals surface area contributed by atoms with Gasteiger partial charge in [-0.25, -0.2) is 9.38 Å². The molecule has 1 aliphatic carbocycles. The van der Waals surface area contributed by atoms with Crippen molar-refractivity contribution in [3.05, 3.63) is 59.3 Å². The van der Waals surface area contributed by atoms with E-state index in [-0.39, 0.29) is 27.3 Å². The number of amidine groups is 1. The van der Waals surface area contributed by atoms with Crippen molar-refractivity contribution < 1.29 is 31.2 Å². The Morgan fingerprint density at radius 3 is 2.38 bits per heavy atom. The van der Waals surface area contributed by atoms with Crippen LogP contribution in [0.4, 0.5) is 10.1 Å². The largest absolute Gasteiger partial charge is 0.488 e. The summed E-state index contributed by atoms with van der Waals surface area (Å²) in [7, 11) is 0. The van der Waals surface area contributed by atoms with E-state index in [2.05, 4.69) is 66.4 Å². The van der Waals surface area contributed by atoms with Crippen molar-refractivity contribution in [3.63, 3.8) is 0 Å². The fraction of sp³-hybridized carbons (Fsp3) is 0.574. The van der Waals surface area contributed by atoms with Crippen LogP contribution in [0.2, 0.25) is 0 Å². The van der Waals surface area contributed by atoms with Crippen molar-refractivity contribution in [2.24, 2.45) is 10.9 Å². The molecule has 7 heterocycles. The number of hydrogen-bond acceptors (Lipinski definition) is 12. The minimum Gasteiger partial charge on any atom is -0.488 e. The second-order valence-electron chi connectivity index (χ2n) is 18.6. The van der Waals surface area contributed by atoms with Crippen LogP contribution in [0.1, 0.15) is 108 Å². The second-order valence-corrected chi connectivity index (χ2v) is 18.6. The van der Waals surface area contributed by atoms with Crippen LogP contribution in [0.15, 0.2) is 47.5 Å². The lowest BCUT2D eigenvalue weighted by molar-refractivity contribution is -0.136. The number of piperidine rings is 3. The second kappa shape index (κ2) is 17.3. The van der Waals surface area contributed by atoms with E-state index >= 15 is 4.39 Å². The molecule has 1 aromatic heterocycles. The number of imide groups is 2. The predicted molar refractivity (Wildman–Crippen MR) is 244 cm³/mol. The van der Waals surface area contributed by atoms with Gasteiger partial charge < -0.3 is 24.8 Å². The molecule has 0 radical (unpaired) electrons. The van der Waals surface area contributed by atoms with Gasteiger partial charge >= 0.3 is 0 Å². The molecule has 0 spiro atoms. The van der Waals surface area contributed by atoms with Gasteiger partial charge in [0.2, 0.25) is 11.8 Å². The van der Waals surface area contributed by atoms with Crippen molar-refractivity contribution in [1.29, 1.82) is 0 Å². The standard InChI is InChI=1S/C45H55FN10O5.C2H6.2H2/c1-28-24-54(38-23-36(47-27-48-38)40-34-22-31(61-44(2)11-12-44)4-6-35(34)50-51-40)19-20-55(28)26-45(46)13-17-52(18-14-45)25-29-9-15-53(16-10-29)30-3-5-32-33(21-30)43(60)56(42(32)59)37-7-8-39(57)49-41(37)58;1-2;;/h3-6,21-23,28-29,37,47H,7-20,24-27H2,1-2H3,(H,50,51)(H,49,57,58);1-2H3;2*1H/t28-,37?;;;/m0.../s1. The highest BCUT2D eigenvalue weighted by molar-refractivity contribution is 6.23. The number of hydrogen-bond donors (Lipinski definition) is 3. The molecule has 1 unspecified atom stereocenters. The third kappa shape index (κ3) is 8.80. The van der Waals surface area contributed by atoms with E-state index in [4.69, 9.17) is 9.73 Å².